The van der Waals surface area contributed by atoms with E-state index in [4.69, 9.17) is 4.74 Å². The van der Waals surface area contributed by atoms with Gasteiger partial charge in [0.25, 0.3) is 0 Å². The normalized spacial score (nSPS) is 11.0. The maximum Gasteiger partial charge on any atom is 0.128 e. The number of ether oxygens (including phenoxy) is 1. The lowest BCUT2D eigenvalue weighted by Gasteiger charge is -2.07. The van der Waals surface area contributed by atoms with Gasteiger partial charge in [-0.2, -0.15) is 11.3 Å². The van der Waals surface area contributed by atoms with Crippen LogP contribution in [-0.2, 0) is 6.54 Å². The van der Waals surface area contributed by atoms with Crippen molar-refractivity contribution in [1.29, 1.82) is 0 Å². The monoisotopic (exact) mass is 271 g/mol. The minimum absolute atomic E-state index is 0.773. The summed E-state index contributed by atoms with van der Waals surface area (Å²) in [7, 11) is 0. The molecule has 2 heterocycles. The molecule has 0 fully saturated rings. The van der Waals surface area contributed by atoms with Crippen LogP contribution in [0, 0.1) is 0 Å². The number of nitrogens with zero attached hydrogens (tertiary/aromatic N) is 1. The lowest BCUT2D eigenvalue weighted by Crippen LogP contribution is -1.97. The average Bonchev–Trinajstić information content (AvgIpc) is 3.07. The molecule has 2 aromatic heterocycles. The molecule has 0 atom stereocenters. The number of fused-ring (bicyclic) bond motifs is 1. The van der Waals surface area contributed by atoms with Crippen molar-refractivity contribution >= 4 is 22.2 Å². The third-order valence-electron chi connectivity index (χ3n) is 3.17. The fourth-order valence-electron chi connectivity index (χ4n) is 2.25. The molecule has 0 bridgehead atoms. The van der Waals surface area contributed by atoms with Gasteiger partial charge in [-0.15, -0.1) is 0 Å². The van der Waals surface area contributed by atoms with E-state index in [1.54, 1.807) is 11.3 Å². The second-order valence-corrected chi connectivity index (χ2v) is 5.39. The summed E-state index contributed by atoms with van der Waals surface area (Å²) in [6.07, 6.45) is 3.17. The molecule has 3 aromatic rings. The van der Waals surface area contributed by atoms with Crippen LogP contribution in [0.3, 0.4) is 0 Å². The summed E-state index contributed by atoms with van der Waals surface area (Å²) < 4.78 is 8.08. The zero-order chi connectivity index (χ0) is 13.1. The summed E-state index contributed by atoms with van der Waals surface area (Å²) in [6, 6.07) is 10.6. The maximum atomic E-state index is 5.81. The molecule has 0 radical (unpaired) electrons. The summed E-state index contributed by atoms with van der Waals surface area (Å²) in [6.45, 7) is 3.82. The fourth-order valence-corrected chi connectivity index (χ4v) is 2.91. The van der Waals surface area contributed by atoms with Crippen LogP contribution in [0.4, 0.5) is 0 Å². The maximum absolute atomic E-state index is 5.81. The van der Waals surface area contributed by atoms with E-state index in [1.165, 1.54) is 16.5 Å². The predicted octanol–water partition coefficient (Wildman–Crippen LogP) is 4.54. The predicted molar refractivity (Wildman–Crippen MR) is 81.1 cm³/mol. The van der Waals surface area contributed by atoms with Crippen molar-refractivity contribution in [1.82, 2.24) is 4.57 Å². The number of thiophene rings is 1. The van der Waals surface area contributed by atoms with Crippen molar-refractivity contribution in [3.63, 3.8) is 0 Å². The van der Waals surface area contributed by atoms with Gasteiger partial charge in [0, 0.05) is 18.1 Å². The molecule has 19 heavy (non-hydrogen) atoms. The Morgan fingerprint density at radius 3 is 2.95 bits per heavy atom. The van der Waals surface area contributed by atoms with Crippen LogP contribution in [0.5, 0.6) is 5.75 Å². The number of rotatable bonds is 5. The van der Waals surface area contributed by atoms with Crippen molar-refractivity contribution in [2.75, 3.05) is 6.61 Å². The Morgan fingerprint density at radius 1 is 1.21 bits per heavy atom. The van der Waals surface area contributed by atoms with E-state index in [2.05, 4.69) is 52.7 Å². The Balaban J connectivity index is 1.94. The third-order valence-corrected chi connectivity index (χ3v) is 3.90. The molecular formula is C16H17NOS. The zero-order valence-electron chi connectivity index (χ0n) is 11.0. The molecule has 1 aromatic carbocycles. The Morgan fingerprint density at radius 2 is 2.16 bits per heavy atom. The molecule has 3 rings (SSSR count). The van der Waals surface area contributed by atoms with Gasteiger partial charge in [-0.25, -0.2) is 0 Å². The largest absolute Gasteiger partial charge is 0.493 e. The molecule has 0 saturated carbocycles. The minimum atomic E-state index is 0.773. The van der Waals surface area contributed by atoms with Crippen LogP contribution in [-0.4, -0.2) is 11.2 Å². The highest BCUT2D eigenvalue weighted by Gasteiger charge is 2.06. The van der Waals surface area contributed by atoms with Gasteiger partial charge < -0.3 is 9.30 Å². The van der Waals surface area contributed by atoms with Gasteiger partial charge in [-0.1, -0.05) is 13.0 Å². The summed E-state index contributed by atoms with van der Waals surface area (Å²) in [5.41, 5.74) is 2.59. The van der Waals surface area contributed by atoms with Gasteiger partial charge in [0.15, 0.2) is 0 Å². The molecule has 0 aliphatic rings. The van der Waals surface area contributed by atoms with Gasteiger partial charge >= 0.3 is 0 Å². The van der Waals surface area contributed by atoms with E-state index >= 15 is 0 Å². The molecule has 2 nitrogen and oxygen atoms in total. The van der Waals surface area contributed by atoms with Crippen LogP contribution in [0.2, 0.25) is 0 Å². The van der Waals surface area contributed by atoms with E-state index in [-0.39, 0.29) is 0 Å². The Bertz CT molecular complexity index is 655. The zero-order valence-corrected chi connectivity index (χ0v) is 11.8. The highest BCUT2D eigenvalue weighted by Crippen LogP contribution is 2.27. The third kappa shape index (κ3) is 2.51. The SMILES string of the molecule is CCCOc1cccc2c1ccn2Cc1ccsc1. The summed E-state index contributed by atoms with van der Waals surface area (Å²) in [5.74, 6) is 0.989. The molecule has 0 aliphatic carbocycles. The van der Waals surface area contributed by atoms with Gasteiger partial charge in [0.1, 0.15) is 5.75 Å². The molecule has 0 aliphatic heterocycles. The smallest absolute Gasteiger partial charge is 0.128 e. The van der Waals surface area contributed by atoms with Crippen molar-refractivity contribution in [2.45, 2.75) is 19.9 Å². The quantitative estimate of drug-likeness (QED) is 0.664. The minimum Gasteiger partial charge on any atom is -0.493 e. The molecular weight excluding hydrogens is 254 g/mol. The Labute approximate surface area is 117 Å². The standard InChI is InChI=1S/C16H17NOS/c1-2-9-18-16-5-3-4-15-14(16)6-8-17(15)11-13-7-10-19-12-13/h3-8,10,12H,2,9,11H2,1H3. The molecule has 0 unspecified atom stereocenters. The molecule has 0 amide bonds. The van der Waals surface area contributed by atoms with Crippen molar-refractivity contribution in [3.05, 3.63) is 52.9 Å². The van der Waals surface area contributed by atoms with Crippen LogP contribution in [0.1, 0.15) is 18.9 Å². The summed E-state index contributed by atoms with van der Waals surface area (Å²) >= 11 is 1.74. The van der Waals surface area contributed by atoms with Crippen molar-refractivity contribution in [3.8, 4) is 5.75 Å². The first kappa shape index (κ1) is 12.3. The molecule has 0 spiro atoms. The van der Waals surface area contributed by atoms with Gasteiger partial charge in [-0.05, 0) is 47.0 Å². The highest BCUT2D eigenvalue weighted by atomic mass is 32.1. The van der Waals surface area contributed by atoms with E-state index in [0.29, 0.717) is 0 Å². The topological polar surface area (TPSA) is 14.2 Å². The first-order valence-electron chi connectivity index (χ1n) is 6.60. The lowest BCUT2D eigenvalue weighted by atomic mass is 10.2. The number of aromatic nitrogens is 1. The van der Waals surface area contributed by atoms with Crippen LogP contribution < -0.4 is 4.74 Å². The van der Waals surface area contributed by atoms with Crippen molar-refractivity contribution in [2.24, 2.45) is 0 Å². The van der Waals surface area contributed by atoms with Crippen molar-refractivity contribution < 1.29 is 4.74 Å². The van der Waals surface area contributed by atoms with Crippen LogP contribution in [0.25, 0.3) is 10.9 Å². The number of hydrogen-bond acceptors (Lipinski definition) is 2. The van der Waals surface area contributed by atoms with Gasteiger partial charge in [-0.3, -0.25) is 0 Å². The van der Waals surface area contributed by atoms with Gasteiger partial charge in [0.2, 0.25) is 0 Å². The van der Waals surface area contributed by atoms with E-state index < -0.39 is 0 Å². The molecule has 0 saturated heterocycles. The van der Waals surface area contributed by atoms with E-state index in [9.17, 15) is 0 Å². The average molecular weight is 271 g/mol. The van der Waals surface area contributed by atoms with Crippen LogP contribution >= 0.6 is 11.3 Å². The second kappa shape index (κ2) is 5.49. The first-order chi connectivity index (χ1) is 9.38. The van der Waals surface area contributed by atoms with Crippen LogP contribution in [0.15, 0.2) is 47.3 Å². The number of hydrogen-bond donors (Lipinski definition) is 0. The Hall–Kier alpha value is -1.74. The van der Waals surface area contributed by atoms with E-state index in [1.807, 2.05) is 6.07 Å². The highest BCUT2D eigenvalue weighted by molar-refractivity contribution is 7.07. The summed E-state index contributed by atoms with van der Waals surface area (Å²) in [5, 5.41) is 5.52. The second-order valence-electron chi connectivity index (χ2n) is 4.61. The first-order valence-corrected chi connectivity index (χ1v) is 7.54. The molecule has 0 N–H and O–H groups in total. The fraction of sp³-hybridized carbons (Fsp3) is 0.250. The van der Waals surface area contributed by atoms with E-state index in [0.717, 1.165) is 25.3 Å². The lowest BCUT2D eigenvalue weighted by molar-refractivity contribution is 0.321. The molecule has 98 valence electrons. The summed E-state index contributed by atoms with van der Waals surface area (Å²) in [4.78, 5) is 0. The molecule has 3 heteroatoms. The number of benzene rings is 1. The van der Waals surface area contributed by atoms with Gasteiger partial charge in [0.05, 0.1) is 12.1 Å². The Kier molecular flexibility index (Phi) is 3.56.